The van der Waals surface area contributed by atoms with Gasteiger partial charge in [-0.3, -0.25) is 4.79 Å². The molecule has 0 spiro atoms. The van der Waals surface area contributed by atoms with Crippen LogP contribution in [0.2, 0.25) is 5.15 Å². The summed E-state index contributed by atoms with van der Waals surface area (Å²) < 4.78 is 16.8. The summed E-state index contributed by atoms with van der Waals surface area (Å²) in [6, 6.07) is 0.123. The van der Waals surface area contributed by atoms with E-state index in [1.165, 1.54) is 0 Å². The fourth-order valence-corrected chi connectivity index (χ4v) is 3.98. The van der Waals surface area contributed by atoms with Gasteiger partial charge in [-0.15, -0.1) is 0 Å². The van der Waals surface area contributed by atoms with Gasteiger partial charge in [0.05, 0.1) is 31.0 Å². The molecule has 1 amide bonds. The number of ether oxygens (including phenoxy) is 2. The number of piperidine rings is 1. The largest absolute Gasteiger partial charge is 0.461 e. The van der Waals surface area contributed by atoms with Crippen molar-refractivity contribution in [2.24, 2.45) is 0 Å². The summed E-state index contributed by atoms with van der Waals surface area (Å²) in [7, 11) is 1.59. The number of oxazole rings is 1. The fourth-order valence-electron chi connectivity index (χ4n) is 3.71. The average molecular weight is 482 g/mol. The number of amides is 1. The normalized spacial score (nSPS) is 18.4. The van der Waals surface area contributed by atoms with Crippen LogP contribution in [0.1, 0.15) is 72.6 Å². The maximum atomic E-state index is 12.7. The molecule has 10 nitrogen and oxygen atoms in total. The van der Waals surface area contributed by atoms with Gasteiger partial charge in [0.25, 0.3) is 11.9 Å². The monoisotopic (exact) mass is 481 g/mol. The van der Waals surface area contributed by atoms with Crippen LogP contribution in [0.15, 0.2) is 4.42 Å². The van der Waals surface area contributed by atoms with E-state index in [-0.39, 0.29) is 29.6 Å². The Balaban J connectivity index is 1.66. The summed E-state index contributed by atoms with van der Waals surface area (Å²) in [5.74, 6) is -0.124. The Bertz CT molecular complexity index is 959. The van der Waals surface area contributed by atoms with E-state index in [1.54, 1.807) is 7.11 Å². The van der Waals surface area contributed by atoms with Crippen molar-refractivity contribution in [2.45, 2.75) is 65.0 Å². The number of nitrogens with one attached hydrogen (secondary N) is 2. The van der Waals surface area contributed by atoms with E-state index in [4.69, 9.17) is 25.5 Å². The topological polar surface area (TPSA) is 123 Å². The third-order valence-electron chi connectivity index (χ3n) is 5.68. The van der Waals surface area contributed by atoms with E-state index in [9.17, 15) is 9.59 Å². The van der Waals surface area contributed by atoms with Gasteiger partial charge in [0.1, 0.15) is 5.76 Å². The first kappa shape index (κ1) is 25.0. The Kier molecular flexibility index (Phi) is 8.74. The molecule has 2 atom stereocenters. The van der Waals surface area contributed by atoms with Crippen LogP contribution in [0.25, 0.3) is 0 Å². The van der Waals surface area contributed by atoms with E-state index in [0.29, 0.717) is 55.9 Å². The molecule has 1 saturated heterocycles. The molecule has 182 valence electrons. The molecular weight excluding hydrogens is 450 g/mol. The zero-order valence-corrected chi connectivity index (χ0v) is 20.3. The number of nitrogens with zero attached hydrogens (tertiary/aromatic N) is 3. The molecule has 2 aromatic heterocycles. The maximum Gasteiger partial charge on any atom is 0.360 e. The molecule has 3 rings (SSSR count). The Labute approximate surface area is 198 Å². The molecule has 11 heteroatoms. The lowest BCUT2D eigenvalue weighted by Crippen LogP contribution is -2.55. The number of imidazole rings is 1. The minimum absolute atomic E-state index is 0.181. The second-order valence-electron chi connectivity index (χ2n) is 7.91. The first-order chi connectivity index (χ1) is 15.9. The van der Waals surface area contributed by atoms with Gasteiger partial charge in [0.2, 0.25) is 0 Å². The Morgan fingerprint density at radius 2 is 2.06 bits per heavy atom. The highest BCUT2D eigenvalue weighted by molar-refractivity contribution is 6.30. The van der Waals surface area contributed by atoms with Crippen LogP contribution >= 0.6 is 11.6 Å². The van der Waals surface area contributed by atoms with Gasteiger partial charge in [-0.05, 0) is 19.3 Å². The van der Waals surface area contributed by atoms with E-state index in [0.717, 1.165) is 18.5 Å². The lowest BCUT2D eigenvalue weighted by atomic mass is 10.0. The van der Waals surface area contributed by atoms with Crippen LogP contribution in [0, 0.1) is 0 Å². The number of aryl methyl sites for hydroxylation is 2. The number of H-pyrrole nitrogens is 1. The second kappa shape index (κ2) is 11.5. The van der Waals surface area contributed by atoms with E-state index < -0.39 is 5.97 Å². The second-order valence-corrected chi connectivity index (χ2v) is 8.27. The predicted molar refractivity (Wildman–Crippen MR) is 123 cm³/mol. The standard InChI is InChI=1S/C22H32ClN5O5/c1-5-8-11-32-21(30)17-15(7-3)33-22(26-17)28-10-9-14(16(12-28)31-4)25-20(29)19-24-13(6-2)18(23)27-19/h14,16H,5-12H2,1-4H3,(H,24,27)(H,25,29)/t14-,16+/m1/s1. The zero-order valence-electron chi connectivity index (χ0n) is 19.6. The first-order valence-electron chi connectivity index (χ1n) is 11.4. The Morgan fingerprint density at radius 1 is 1.27 bits per heavy atom. The first-order valence-corrected chi connectivity index (χ1v) is 11.8. The molecule has 33 heavy (non-hydrogen) atoms. The van der Waals surface area contributed by atoms with E-state index >= 15 is 0 Å². The molecule has 0 saturated carbocycles. The van der Waals surface area contributed by atoms with Crippen LogP contribution in [0.5, 0.6) is 0 Å². The molecule has 0 aliphatic carbocycles. The fraction of sp³-hybridized carbons (Fsp3) is 0.636. The maximum absolute atomic E-state index is 12.7. The summed E-state index contributed by atoms with van der Waals surface area (Å²) in [6.45, 7) is 7.23. The average Bonchev–Trinajstić information content (AvgIpc) is 3.43. The summed E-state index contributed by atoms with van der Waals surface area (Å²) in [4.78, 5) is 38.5. The number of halogens is 1. The molecule has 0 unspecified atom stereocenters. The predicted octanol–water partition coefficient (Wildman–Crippen LogP) is 3.16. The number of aromatic amines is 1. The molecule has 0 bridgehead atoms. The summed E-state index contributed by atoms with van der Waals surface area (Å²) in [5.41, 5.74) is 0.939. The molecule has 2 N–H and O–H groups in total. The number of anilines is 1. The number of aromatic nitrogens is 3. The summed E-state index contributed by atoms with van der Waals surface area (Å²) in [5, 5.41) is 3.29. The molecule has 0 aromatic carbocycles. The molecular formula is C22H32ClN5O5. The van der Waals surface area contributed by atoms with Crippen LogP contribution in [0.4, 0.5) is 6.01 Å². The summed E-state index contributed by atoms with van der Waals surface area (Å²) in [6.07, 6.45) is 3.21. The SMILES string of the molecule is CCCCOC(=O)c1nc(N2CC[C@@H](NC(=O)c3nc(Cl)c(CC)[nH]3)[C@@H](OC)C2)oc1CC. The Hall–Kier alpha value is -2.59. The van der Waals surface area contributed by atoms with Crippen molar-refractivity contribution in [3.63, 3.8) is 0 Å². The number of hydrogen-bond donors (Lipinski definition) is 2. The number of esters is 1. The van der Waals surface area contributed by atoms with Crippen LogP contribution in [-0.2, 0) is 22.3 Å². The van der Waals surface area contributed by atoms with E-state index in [2.05, 4.69) is 20.3 Å². The molecule has 0 radical (unpaired) electrons. The quantitative estimate of drug-likeness (QED) is 0.392. The zero-order chi connectivity index (χ0) is 24.0. The van der Waals surface area contributed by atoms with Crippen LogP contribution < -0.4 is 10.2 Å². The number of carbonyl (C=O) groups is 2. The number of rotatable bonds is 10. The van der Waals surface area contributed by atoms with Crippen molar-refractivity contribution in [2.75, 3.05) is 31.7 Å². The number of unbranched alkanes of at least 4 members (excludes halogenated alkanes) is 1. The molecule has 2 aromatic rings. The van der Waals surface area contributed by atoms with Gasteiger partial charge >= 0.3 is 5.97 Å². The van der Waals surface area contributed by atoms with Gasteiger partial charge in [-0.25, -0.2) is 9.78 Å². The van der Waals surface area contributed by atoms with Gasteiger partial charge < -0.3 is 29.1 Å². The van der Waals surface area contributed by atoms with Crippen LogP contribution in [0.3, 0.4) is 0 Å². The van der Waals surface area contributed by atoms with E-state index in [1.807, 2.05) is 25.7 Å². The number of carbonyl (C=O) groups excluding carboxylic acids is 2. The van der Waals surface area contributed by atoms with Crippen molar-refractivity contribution in [3.8, 4) is 0 Å². The van der Waals surface area contributed by atoms with Crippen molar-refractivity contribution in [1.29, 1.82) is 0 Å². The van der Waals surface area contributed by atoms with Crippen molar-refractivity contribution >= 4 is 29.5 Å². The minimum Gasteiger partial charge on any atom is -0.461 e. The molecule has 1 aliphatic rings. The van der Waals surface area contributed by atoms with Gasteiger partial charge in [-0.1, -0.05) is 38.8 Å². The molecule has 1 fully saturated rings. The highest BCUT2D eigenvalue weighted by Gasteiger charge is 2.34. The smallest absolute Gasteiger partial charge is 0.360 e. The van der Waals surface area contributed by atoms with Crippen molar-refractivity contribution < 1.29 is 23.5 Å². The third kappa shape index (κ3) is 5.86. The van der Waals surface area contributed by atoms with Crippen molar-refractivity contribution in [3.05, 3.63) is 28.1 Å². The molecule has 1 aliphatic heterocycles. The van der Waals surface area contributed by atoms with Crippen molar-refractivity contribution in [1.82, 2.24) is 20.3 Å². The lowest BCUT2D eigenvalue weighted by Gasteiger charge is -2.37. The number of methoxy groups -OCH3 is 1. The third-order valence-corrected chi connectivity index (χ3v) is 5.99. The van der Waals surface area contributed by atoms with Gasteiger partial charge in [0, 0.05) is 20.1 Å². The molecule has 3 heterocycles. The highest BCUT2D eigenvalue weighted by Crippen LogP contribution is 2.25. The lowest BCUT2D eigenvalue weighted by molar-refractivity contribution is 0.0490. The van der Waals surface area contributed by atoms with Gasteiger partial charge in [0.15, 0.2) is 16.7 Å². The highest BCUT2D eigenvalue weighted by atomic mass is 35.5. The summed E-state index contributed by atoms with van der Waals surface area (Å²) >= 11 is 6.06. The Morgan fingerprint density at radius 3 is 2.70 bits per heavy atom. The van der Waals surface area contributed by atoms with Crippen LogP contribution in [-0.4, -0.2) is 65.8 Å². The number of hydrogen-bond acceptors (Lipinski definition) is 8. The van der Waals surface area contributed by atoms with Gasteiger partial charge in [-0.2, -0.15) is 4.98 Å². The minimum atomic E-state index is -0.468.